The van der Waals surface area contributed by atoms with Gasteiger partial charge in [0.2, 0.25) is 0 Å². The molecule has 10 heteroatoms. The van der Waals surface area contributed by atoms with Gasteiger partial charge in [-0.15, -0.1) is 0 Å². The number of unbranched alkanes of at least 4 members (excludes halogenated alkanes) is 1. The zero-order valence-corrected chi connectivity index (χ0v) is 16.0. The molecule has 1 aromatic carbocycles. The second-order valence-corrected chi connectivity index (χ2v) is 6.25. The zero-order valence-electron chi connectivity index (χ0n) is 16.0. The Balaban J connectivity index is 3.34. The quantitative estimate of drug-likeness (QED) is 0.381. The number of benzene rings is 1. The van der Waals surface area contributed by atoms with Crippen molar-refractivity contribution in [1.29, 1.82) is 5.41 Å². The smallest absolute Gasteiger partial charge is 0.369 e. The summed E-state index contributed by atoms with van der Waals surface area (Å²) in [5.74, 6) is 0.105. The highest BCUT2D eigenvalue weighted by molar-refractivity contribution is 5.93. The van der Waals surface area contributed by atoms with E-state index in [9.17, 15) is 31.4 Å². The number of alkyl halides is 6. The summed E-state index contributed by atoms with van der Waals surface area (Å²) in [6.07, 6.45) is -10.4. The van der Waals surface area contributed by atoms with Crippen molar-refractivity contribution in [3.8, 4) is 0 Å². The molecule has 0 saturated heterocycles. The van der Waals surface area contributed by atoms with Crippen molar-refractivity contribution in [3.05, 3.63) is 29.8 Å². The Morgan fingerprint density at radius 2 is 1.39 bits per heavy atom. The van der Waals surface area contributed by atoms with Gasteiger partial charge in [0.1, 0.15) is 0 Å². The molecule has 0 radical (unpaired) electrons. The zero-order chi connectivity index (χ0) is 21.8. The van der Waals surface area contributed by atoms with Gasteiger partial charge in [0.05, 0.1) is 0 Å². The number of halogens is 6. The van der Waals surface area contributed by atoms with Gasteiger partial charge in [-0.3, -0.25) is 5.41 Å². The highest BCUT2D eigenvalue weighted by Gasteiger charge is 2.71. The molecule has 0 heterocycles. The number of hydrogen-bond acceptors (Lipinski definition) is 2. The van der Waals surface area contributed by atoms with Gasteiger partial charge in [0, 0.05) is 30.9 Å². The first-order chi connectivity index (χ1) is 12.8. The molecule has 0 aliphatic rings. The molecule has 2 N–H and O–H groups in total. The Kier molecular flexibility index (Phi) is 7.75. The van der Waals surface area contributed by atoms with E-state index in [-0.39, 0.29) is 11.6 Å². The number of hydrogen-bond donors (Lipinski definition) is 2. The standard InChI is InChI=1S/C18H25F6N3O/c1-4-7-12-27(15(25)26(5-2)6-3)14-10-8-13(9-11-14)16(28,17(19,20)21)18(22,23)24/h8-11,25,28H,4-7,12H2,1-3H3. The van der Waals surface area contributed by atoms with Crippen LogP contribution in [0.4, 0.5) is 32.0 Å². The van der Waals surface area contributed by atoms with E-state index in [1.807, 2.05) is 20.8 Å². The van der Waals surface area contributed by atoms with Crippen LogP contribution in [0.15, 0.2) is 24.3 Å². The molecular formula is C18H25F6N3O. The highest BCUT2D eigenvalue weighted by Crippen LogP contribution is 2.50. The maximum Gasteiger partial charge on any atom is 0.430 e. The van der Waals surface area contributed by atoms with Crippen LogP contribution in [0.1, 0.15) is 39.2 Å². The number of guanidine groups is 1. The molecule has 0 unspecified atom stereocenters. The van der Waals surface area contributed by atoms with Crippen molar-refractivity contribution < 1.29 is 31.4 Å². The third kappa shape index (κ3) is 4.71. The fourth-order valence-corrected chi connectivity index (χ4v) is 2.74. The lowest BCUT2D eigenvalue weighted by Crippen LogP contribution is -2.53. The summed E-state index contributed by atoms with van der Waals surface area (Å²) in [5.41, 5.74) is -6.00. The number of rotatable bonds is 7. The maximum absolute atomic E-state index is 13.0. The van der Waals surface area contributed by atoms with Crippen molar-refractivity contribution in [2.75, 3.05) is 24.5 Å². The van der Waals surface area contributed by atoms with Crippen LogP contribution in [0.25, 0.3) is 0 Å². The number of nitrogens with one attached hydrogen (secondary N) is 1. The molecular weight excluding hydrogens is 388 g/mol. The molecule has 1 rings (SSSR count). The van der Waals surface area contributed by atoms with E-state index in [1.54, 1.807) is 4.90 Å². The third-order valence-corrected chi connectivity index (χ3v) is 4.47. The third-order valence-electron chi connectivity index (χ3n) is 4.47. The summed E-state index contributed by atoms with van der Waals surface area (Å²) in [6.45, 7) is 7.04. The van der Waals surface area contributed by atoms with Crippen molar-refractivity contribution in [2.45, 2.75) is 51.6 Å². The number of nitrogens with zero attached hydrogens (tertiary/aromatic N) is 2. The summed E-state index contributed by atoms with van der Waals surface area (Å²) in [5, 5.41) is 17.8. The summed E-state index contributed by atoms with van der Waals surface area (Å²) in [7, 11) is 0. The van der Waals surface area contributed by atoms with Crippen LogP contribution >= 0.6 is 0 Å². The summed E-state index contributed by atoms with van der Waals surface area (Å²) in [4.78, 5) is 3.24. The number of aliphatic hydroxyl groups is 1. The first-order valence-electron chi connectivity index (χ1n) is 8.92. The maximum atomic E-state index is 13.0. The molecule has 0 spiro atoms. The van der Waals surface area contributed by atoms with E-state index in [2.05, 4.69) is 0 Å². The monoisotopic (exact) mass is 413 g/mol. The van der Waals surface area contributed by atoms with E-state index in [0.717, 1.165) is 18.6 Å². The lowest BCUT2D eigenvalue weighted by Gasteiger charge is -2.34. The molecule has 0 aromatic heterocycles. The number of anilines is 1. The molecule has 0 amide bonds. The molecule has 0 aliphatic heterocycles. The summed E-state index contributed by atoms with van der Waals surface area (Å²) >= 11 is 0. The van der Waals surface area contributed by atoms with E-state index >= 15 is 0 Å². The molecule has 160 valence electrons. The second kappa shape index (κ2) is 9.02. The average Bonchev–Trinajstić information content (AvgIpc) is 2.61. The van der Waals surface area contributed by atoms with Gasteiger partial charge in [0.25, 0.3) is 5.60 Å². The molecule has 0 fully saturated rings. The predicted molar refractivity (Wildman–Crippen MR) is 95.4 cm³/mol. The summed E-state index contributed by atoms with van der Waals surface area (Å²) < 4.78 is 78.1. The van der Waals surface area contributed by atoms with E-state index in [1.165, 1.54) is 4.90 Å². The largest absolute Gasteiger partial charge is 0.430 e. The van der Waals surface area contributed by atoms with Crippen LogP contribution in [0.3, 0.4) is 0 Å². The topological polar surface area (TPSA) is 50.6 Å². The van der Waals surface area contributed by atoms with E-state index in [4.69, 9.17) is 5.41 Å². The fourth-order valence-electron chi connectivity index (χ4n) is 2.74. The lowest BCUT2D eigenvalue weighted by atomic mass is 9.92. The Morgan fingerprint density at radius 3 is 1.75 bits per heavy atom. The molecule has 0 atom stereocenters. The lowest BCUT2D eigenvalue weighted by molar-refractivity contribution is -0.376. The van der Waals surface area contributed by atoms with Crippen LogP contribution in [-0.4, -0.2) is 48.0 Å². The van der Waals surface area contributed by atoms with Gasteiger partial charge in [-0.05, 0) is 32.4 Å². The van der Waals surface area contributed by atoms with Crippen molar-refractivity contribution in [2.24, 2.45) is 0 Å². The van der Waals surface area contributed by atoms with Gasteiger partial charge in [-0.25, -0.2) is 0 Å². The molecule has 0 bridgehead atoms. The molecule has 1 aromatic rings. The van der Waals surface area contributed by atoms with Crippen LogP contribution in [0.2, 0.25) is 0 Å². The van der Waals surface area contributed by atoms with Crippen molar-refractivity contribution in [1.82, 2.24) is 4.90 Å². The van der Waals surface area contributed by atoms with Gasteiger partial charge >= 0.3 is 12.4 Å². The predicted octanol–water partition coefficient (Wildman–Crippen LogP) is 4.88. The minimum atomic E-state index is -5.93. The van der Waals surface area contributed by atoms with Crippen LogP contribution in [0.5, 0.6) is 0 Å². The Morgan fingerprint density at radius 1 is 0.929 bits per heavy atom. The van der Waals surface area contributed by atoms with E-state index < -0.39 is 23.5 Å². The molecule has 4 nitrogen and oxygen atoms in total. The normalized spacial score (nSPS) is 12.8. The first kappa shape index (κ1) is 24.1. The fraction of sp³-hybridized carbons (Fsp3) is 0.611. The van der Waals surface area contributed by atoms with Crippen LogP contribution < -0.4 is 4.90 Å². The Hall–Kier alpha value is -1.97. The highest BCUT2D eigenvalue weighted by atomic mass is 19.4. The second-order valence-electron chi connectivity index (χ2n) is 6.25. The minimum Gasteiger partial charge on any atom is -0.369 e. The SMILES string of the molecule is CCCCN(C(=N)N(CC)CC)c1ccc(C(O)(C(F)(F)F)C(F)(F)F)cc1. The van der Waals surface area contributed by atoms with Gasteiger partial charge in [0.15, 0.2) is 5.96 Å². The van der Waals surface area contributed by atoms with Crippen molar-refractivity contribution in [3.63, 3.8) is 0 Å². The molecule has 0 saturated carbocycles. The Labute approximate surface area is 160 Å². The van der Waals surface area contributed by atoms with Gasteiger partial charge < -0.3 is 14.9 Å². The van der Waals surface area contributed by atoms with Gasteiger partial charge in [-0.1, -0.05) is 25.5 Å². The van der Waals surface area contributed by atoms with E-state index in [0.29, 0.717) is 38.2 Å². The Bertz CT molecular complexity index is 624. The van der Waals surface area contributed by atoms with Gasteiger partial charge in [-0.2, -0.15) is 26.3 Å². The molecule has 28 heavy (non-hydrogen) atoms. The summed E-state index contributed by atoms with van der Waals surface area (Å²) in [6, 6.07) is 3.33. The first-order valence-corrected chi connectivity index (χ1v) is 8.92. The van der Waals surface area contributed by atoms with Crippen LogP contribution in [0, 0.1) is 5.41 Å². The average molecular weight is 413 g/mol. The van der Waals surface area contributed by atoms with Crippen molar-refractivity contribution >= 4 is 11.6 Å². The minimum absolute atomic E-state index is 0.105. The molecule has 0 aliphatic carbocycles. The van der Waals surface area contributed by atoms with Crippen LogP contribution in [-0.2, 0) is 5.60 Å².